The van der Waals surface area contributed by atoms with Gasteiger partial charge in [0.05, 0.1) is 13.5 Å². The van der Waals surface area contributed by atoms with E-state index in [1.54, 1.807) is 36.3 Å². The first-order valence-electron chi connectivity index (χ1n) is 8.04. The summed E-state index contributed by atoms with van der Waals surface area (Å²) in [5.74, 6) is 0.490. The number of ether oxygens (including phenoxy) is 1. The SMILES string of the molecule is COc1ccc(CC(=O)N2CCNC(=O)C2c2ccc(Cl)cc2)cc1. The number of halogens is 1. The molecule has 1 N–H and O–H groups in total. The number of methoxy groups -OCH3 is 1. The quantitative estimate of drug-likeness (QED) is 0.914. The van der Waals surface area contributed by atoms with Gasteiger partial charge in [-0.25, -0.2) is 0 Å². The highest BCUT2D eigenvalue weighted by molar-refractivity contribution is 6.30. The van der Waals surface area contributed by atoms with E-state index in [4.69, 9.17) is 16.3 Å². The molecule has 1 unspecified atom stereocenters. The molecule has 0 saturated carbocycles. The number of nitrogens with zero attached hydrogens (tertiary/aromatic N) is 1. The number of hydrogen-bond donors (Lipinski definition) is 1. The molecule has 1 atom stereocenters. The average Bonchev–Trinajstić information content (AvgIpc) is 2.63. The first-order chi connectivity index (χ1) is 12.1. The molecular weight excluding hydrogens is 340 g/mol. The van der Waals surface area contributed by atoms with E-state index in [0.29, 0.717) is 18.1 Å². The predicted octanol–water partition coefficient (Wildman–Crippen LogP) is 2.59. The fraction of sp³-hybridized carbons (Fsp3) is 0.263. The van der Waals surface area contributed by atoms with Crippen LogP contribution < -0.4 is 10.1 Å². The second kappa shape index (κ2) is 7.57. The highest BCUT2D eigenvalue weighted by atomic mass is 35.5. The molecule has 5 nitrogen and oxygen atoms in total. The summed E-state index contributed by atoms with van der Waals surface area (Å²) >= 11 is 5.93. The molecule has 6 heteroatoms. The Bertz CT molecular complexity index is 759. The van der Waals surface area contributed by atoms with Crippen LogP contribution in [-0.2, 0) is 16.0 Å². The Morgan fingerprint density at radius 1 is 1.20 bits per heavy atom. The number of nitrogens with one attached hydrogen (secondary N) is 1. The van der Waals surface area contributed by atoms with E-state index in [-0.39, 0.29) is 18.2 Å². The Hall–Kier alpha value is -2.53. The van der Waals surface area contributed by atoms with Crippen LogP contribution in [0.15, 0.2) is 48.5 Å². The van der Waals surface area contributed by atoms with Gasteiger partial charge in [0, 0.05) is 18.1 Å². The number of rotatable bonds is 4. The molecule has 2 amide bonds. The zero-order valence-corrected chi connectivity index (χ0v) is 14.6. The monoisotopic (exact) mass is 358 g/mol. The minimum Gasteiger partial charge on any atom is -0.497 e. The second-order valence-corrected chi connectivity index (χ2v) is 6.29. The molecule has 1 fully saturated rings. The molecule has 2 aromatic carbocycles. The van der Waals surface area contributed by atoms with Gasteiger partial charge in [-0.3, -0.25) is 9.59 Å². The highest BCUT2D eigenvalue weighted by Gasteiger charge is 2.34. The zero-order chi connectivity index (χ0) is 17.8. The lowest BCUT2D eigenvalue weighted by atomic mass is 10.0. The molecule has 2 aromatic rings. The van der Waals surface area contributed by atoms with Crippen LogP contribution >= 0.6 is 11.6 Å². The molecule has 3 rings (SSSR count). The topological polar surface area (TPSA) is 58.6 Å². The molecule has 1 heterocycles. The number of carbonyl (C=O) groups excluding carboxylic acids is 2. The maximum absolute atomic E-state index is 12.8. The van der Waals surface area contributed by atoms with E-state index in [9.17, 15) is 9.59 Å². The van der Waals surface area contributed by atoms with Gasteiger partial charge in [0.25, 0.3) is 0 Å². The van der Waals surface area contributed by atoms with Crippen LogP contribution in [0.5, 0.6) is 5.75 Å². The van der Waals surface area contributed by atoms with Gasteiger partial charge in [-0.15, -0.1) is 0 Å². The van der Waals surface area contributed by atoms with Crippen molar-refractivity contribution < 1.29 is 14.3 Å². The third-order valence-corrected chi connectivity index (χ3v) is 4.48. The summed E-state index contributed by atoms with van der Waals surface area (Å²) in [4.78, 5) is 26.8. The molecule has 1 saturated heterocycles. The molecule has 0 radical (unpaired) electrons. The van der Waals surface area contributed by atoms with Crippen molar-refractivity contribution in [3.05, 3.63) is 64.7 Å². The Morgan fingerprint density at radius 2 is 1.88 bits per heavy atom. The average molecular weight is 359 g/mol. The Kier molecular flexibility index (Phi) is 5.24. The lowest BCUT2D eigenvalue weighted by Crippen LogP contribution is -2.52. The molecule has 25 heavy (non-hydrogen) atoms. The van der Waals surface area contributed by atoms with Crippen LogP contribution in [0.4, 0.5) is 0 Å². The van der Waals surface area contributed by atoms with Crippen molar-refractivity contribution in [2.75, 3.05) is 20.2 Å². The minimum absolute atomic E-state index is 0.0834. The molecule has 1 aliphatic rings. The zero-order valence-electron chi connectivity index (χ0n) is 13.9. The van der Waals surface area contributed by atoms with E-state index in [0.717, 1.165) is 16.9 Å². The fourth-order valence-corrected chi connectivity index (χ4v) is 3.06. The minimum atomic E-state index is -0.628. The number of carbonyl (C=O) groups is 2. The largest absolute Gasteiger partial charge is 0.497 e. The summed E-state index contributed by atoms with van der Waals surface area (Å²) in [6.07, 6.45) is 0.237. The molecule has 0 aliphatic carbocycles. The van der Waals surface area contributed by atoms with E-state index in [1.165, 1.54) is 0 Å². The summed E-state index contributed by atoms with van der Waals surface area (Å²) in [5, 5.41) is 3.42. The van der Waals surface area contributed by atoms with Gasteiger partial charge in [-0.1, -0.05) is 35.9 Å². The molecule has 0 spiro atoms. The Morgan fingerprint density at radius 3 is 2.52 bits per heavy atom. The van der Waals surface area contributed by atoms with Crippen LogP contribution in [0.1, 0.15) is 17.2 Å². The van der Waals surface area contributed by atoms with Crippen molar-refractivity contribution in [3.63, 3.8) is 0 Å². The highest BCUT2D eigenvalue weighted by Crippen LogP contribution is 2.25. The number of piperazine rings is 1. The van der Waals surface area contributed by atoms with Crippen molar-refractivity contribution in [2.24, 2.45) is 0 Å². The molecule has 0 bridgehead atoms. The fourth-order valence-electron chi connectivity index (χ4n) is 2.93. The van der Waals surface area contributed by atoms with Gasteiger partial charge in [0.2, 0.25) is 11.8 Å². The van der Waals surface area contributed by atoms with E-state index in [1.807, 2.05) is 24.3 Å². The predicted molar refractivity (Wildman–Crippen MR) is 95.6 cm³/mol. The van der Waals surface area contributed by atoms with Crippen LogP contribution in [0, 0.1) is 0 Å². The standard InChI is InChI=1S/C19H19ClN2O3/c1-25-16-8-2-13(3-9-16)12-17(23)22-11-10-21-19(24)18(22)14-4-6-15(20)7-5-14/h2-9,18H,10-12H2,1H3,(H,21,24). The molecular formula is C19H19ClN2O3. The van der Waals surface area contributed by atoms with Crippen LogP contribution in [0.3, 0.4) is 0 Å². The van der Waals surface area contributed by atoms with E-state index >= 15 is 0 Å². The van der Waals surface area contributed by atoms with E-state index in [2.05, 4.69) is 5.32 Å². The number of amides is 2. The van der Waals surface area contributed by atoms with Gasteiger partial charge < -0.3 is 15.0 Å². The van der Waals surface area contributed by atoms with Gasteiger partial charge in [-0.2, -0.15) is 0 Å². The maximum Gasteiger partial charge on any atom is 0.247 e. The van der Waals surface area contributed by atoms with Crippen molar-refractivity contribution in [2.45, 2.75) is 12.5 Å². The van der Waals surface area contributed by atoms with Crippen LogP contribution in [-0.4, -0.2) is 36.9 Å². The first kappa shape index (κ1) is 17.3. The van der Waals surface area contributed by atoms with Gasteiger partial charge in [0.1, 0.15) is 11.8 Å². The smallest absolute Gasteiger partial charge is 0.247 e. The van der Waals surface area contributed by atoms with Gasteiger partial charge >= 0.3 is 0 Å². The molecule has 130 valence electrons. The Balaban J connectivity index is 1.80. The normalized spacial score (nSPS) is 17.1. The summed E-state index contributed by atoms with van der Waals surface area (Å²) in [7, 11) is 1.60. The molecule has 1 aliphatic heterocycles. The summed E-state index contributed by atoms with van der Waals surface area (Å²) in [5.41, 5.74) is 1.64. The first-order valence-corrected chi connectivity index (χ1v) is 8.42. The lowest BCUT2D eigenvalue weighted by molar-refractivity contribution is -0.143. The van der Waals surface area contributed by atoms with Crippen LogP contribution in [0.25, 0.3) is 0 Å². The third kappa shape index (κ3) is 3.94. The van der Waals surface area contributed by atoms with Gasteiger partial charge in [0.15, 0.2) is 0 Å². The maximum atomic E-state index is 12.8. The van der Waals surface area contributed by atoms with Crippen molar-refractivity contribution in [1.29, 1.82) is 0 Å². The van der Waals surface area contributed by atoms with Crippen molar-refractivity contribution in [1.82, 2.24) is 10.2 Å². The van der Waals surface area contributed by atoms with Crippen LogP contribution in [0.2, 0.25) is 5.02 Å². The number of benzene rings is 2. The summed E-state index contributed by atoms with van der Waals surface area (Å²) in [6.45, 7) is 0.936. The summed E-state index contributed by atoms with van der Waals surface area (Å²) < 4.78 is 5.13. The molecule has 0 aromatic heterocycles. The third-order valence-electron chi connectivity index (χ3n) is 4.23. The Labute approximate surface area is 151 Å². The van der Waals surface area contributed by atoms with E-state index < -0.39 is 6.04 Å². The van der Waals surface area contributed by atoms with Crippen molar-refractivity contribution >= 4 is 23.4 Å². The summed E-state index contributed by atoms with van der Waals surface area (Å²) in [6, 6.07) is 13.8. The van der Waals surface area contributed by atoms with Crippen molar-refractivity contribution in [3.8, 4) is 5.75 Å². The second-order valence-electron chi connectivity index (χ2n) is 5.86. The number of hydrogen-bond acceptors (Lipinski definition) is 3. The lowest BCUT2D eigenvalue weighted by Gasteiger charge is -2.35. The van der Waals surface area contributed by atoms with Gasteiger partial charge in [-0.05, 0) is 35.4 Å².